The van der Waals surface area contributed by atoms with Crippen molar-refractivity contribution in [2.45, 2.75) is 172 Å². The van der Waals surface area contributed by atoms with Gasteiger partial charge in [-0.1, -0.05) is 98.8 Å². The second-order valence-electron chi connectivity index (χ2n) is 23.7. The number of benzene rings is 6. The minimum atomic E-state index is -0.476. The number of anilines is 6. The predicted molar refractivity (Wildman–Crippen MR) is 316 cm³/mol. The van der Waals surface area contributed by atoms with Crippen LogP contribution in [0.25, 0.3) is 0 Å². The van der Waals surface area contributed by atoms with E-state index in [1.807, 2.05) is 55.4 Å². The lowest BCUT2D eigenvalue weighted by Crippen LogP contribution is -2.41. The van der Waals surface area contributed by atoms with Gasteiger partial charge in [0.25, 0.3) is 0 Å². The van der Waals surface area contributed by atoms with E-state index in [9.17, 15) is 0 Å². The summed E-state index contributed by atoms with van der Waals surface area (Å²) < 4.78 is 37.4. The number of halogens is 1. The van der Waals surface area contributed by atoms with Crippen LogP contribution in [0.3, 0.4) is 0 Å². The molecule has 0 unspecified atom stereocenters. The average molecular weight is 1060 g/mol. The molecule has 6 aromatic rings. The Bertz CT molecular complexity index is 2770. The first-order chi connectivity index (χ1) is 34.3. The Kier molecular flexibility index (Phi) is 16.5. The fraction of sp³-hybridized carbons (Fsp3) is 0.419. The van der Waals surface area contributed by atoms with Crippen molar-refractivity contribution in [3.63, 3.8) is 0 Å². The first kappa shape index (κ1) is 57.1. The third-order valence-corrected chi connectivity index (χ3v) is 16.4. The van der Waals surface area contributed by atoms with E-state index in [1.54, 1.807) is 0 Å². The van der Waals surface area contributed by atoms with E-state index in [2.05, 4.69) is 230 Å². The molecule has 8 nitrogen and oxygen atoms in total. The lowest BCUT2D eigenvalue weighted by Gasteiger charge is -2.32. The Hall–Kier alpha value is -4.65. The summed E-state index contributed by atoms with van der Waals surface area (Å²) in [6.07, 6.45) is 0. The number of aryl methyl sites for hydroxylation is 8. The lowest BCUT2D eigenvalue weighted by molar-refractivity contribution is 0.00578. The van der Waals surface area contributed by atoms with Crippen LogP contribution < -0.4 is 15.3 Å². The molecule has 6 aromatic carbocycles. The lowest BCUT2D eigenvalue weighted by atomic mass is 9.49. The number of nitrogens with zero attached hydrogens (tertiary/aromatic N) is 2. The SMILES string of the molecule is CC1(C)OB(B2OC(C)(C)C(C)(C)O2)OC1(C)C.Cc1ccc(N(c2ccc(B3OC(C)(C)C(C)(C)O3)cc2)c2ccc(C)cc2C)c(C)c1.Cc1ccc(N(c2ccc(Br)cc2)c2ccc(C)cc2C)c(C)c1. The molecule has 9 rings (SSSR count). The molecule has 12 heteroatoms. The highest BCUT2D eigenvalue weighted by Crippen LogP contribution is 2.44. The minimum Gasteiger partial charge on any atom is -0.405 e. The maximum atomic E-state index is 6.25. The van der Waals surface area contributed by atoms with Crippen molar-refractivity contribution in [3.05, 3.63) is 170 Å². The molecule has 0 radical (unpaired) electrons. The summed E-state index contributed by atoms with van der Waals surface area (Å²) in [6.45, 7) is 41.8. The molecule has 0 aliphatic carbocycles. The minimum absolute atomic E-state index is 0.347. The highest BCUT2D eigenvalue weighted by atomic mass is 79.9. The molecule has 3 saturated heterocycles. The molecular weight excluding hydrogens is 981 g/mol. The van der Waals surface area contributed by atoms with Gasteiger partial charge in [0.05, 0.1) is 33.6 Å². The Labute approximate surface area is 454 Å². The fourth-order valence-electron chi connectivity index (χ4n) is 9.39. The quantitative estimate of drug-likeness (QED) is 0.140. The van der Waals surface area contributed by atoms with Gasteiger partial charge in [0.1, 0.15) is 0 Å². The molecule has 3 heterocycles. The highest BCUT2D eigenvalue weighted by Gasteiger charge is 2.63. The largest absolute Gasteiger partial charge is 0.494 e. The number of hydrogen-bond donors (Lipinski definition) is 0. The zero-order valence-corrected chi connectivity index (χ0v) is 49.6. The van der Waals surface area contributed by atoms with Crippen molar-refractivity contribution >= 4 is 76.7 Å². The van der Waals surface area contributed by atoms with Gasteiger partial charge in [-0.25, -0.2) is 0 Å². The Morgan fingerprint density at radius 1 is 0.324 bits per heavy atom. The predicted octanol–water partition coefficient (Wildman–Crippen LogP) is 16.1. The van der Waals surface area contributed by atoms with E-state index in [1.165, 1.54) is 67.3 Å². The van der Waals surface area contributed by atoms with Gasteiger partial charge >= 0.3 is 21.1 Å². The second kappa shape index (κ2) is 21.4. The standard InChI is InChI=1S/C28H34BNO2.C22H22BrN.C12H24B2O4/c1-19-9-15-25(21(3)17-19)30(26-16-10-20(2)18-22(26)4)24-13-11-23(12-14-24)29-31-27(5,6)28(7,8)32-29;1-15-5-11-21(17(3)13-15)24(20-9-7-19(23)8-10-20)22-12-6-16(2)14-18(22)4;1-9(2)10(3,4)16-13(15-9)14-17-11(5,6)12(7,8)18-14/h9-18H,1-8H3;5-14H,1-4H3;1-8H3. The van der Waals surface area contributed by atoms with Crippen molar-refractivity contribution < 1.29 is 27.9 Å². The molecule has 3 aliphatic rings. The van der Waals surface area contributed by atoms with Crippen molar-refractivity contribution in [3.8, 4) is 0 Å². The van der Waals surface area contributed by atoms with Crippen molar-refractivity contribution in [2.24, 2.45) is 0 Å². The summed E-state index contributed by atoms with van der Waals surface area (Å²) in [6, 6.07) is 43.6. The second-order valence-corrected chi connectivity index (χ2v) is 24.7. The molecular formula is C62H80B3BrN2O6. The molecule has 0 bridgehead atoms. The van der Waals surface area contributed by atoms with Crippen LogP contribution in [0.4, 0.5) is 34.1 Å². The maximum absolute atomic E-state index is 6.25. The molecule has 3 fully saturated rings. The summed E-state index contributed by atoms with van der Waals surface area (Å²) in [5.74, 6) is 0. The van der Waals surface area contributed by atoms with Crippen LogP contribution in [0.1, 0.15) is 128 Å². The monoisotopic (exact) mass is 1060 g/mol. The van der Waals surface area contributed by atoms with Gasteiger partial charge in [-0.05, 0) is 227 Å². The van der Waals surface area contributed by atoms with Crippen LogP contribution in [0, 0.1) is 55.4 Å². The molecule has 3 aliphatic heterocycles. The Morgan fingerprint density at radius 2 is 0.568 bits per heavy atom. The normalized spacial score (nSPS) is 18.6. The van der Waals surface area contributed by atoms with E-state index in [0.717, 1.165) is 21.3 Å². The average Bonchev–Trinajstić information content (AvgIpc) is 3.77. The van der Waals surface area contributed by atoms with E-state index >= 15 is 0 Å². The number of rotatable bonds is 8. The first-order valence-electron chi connectivity index (χ1n) is 26.1. The summed E-state index contributed by atoms with van der Waals surface area (Å²) in [5, 5.41) is 0. The van der Waals surface area contributed by atoms with Gasteiger partial charge < -0.3 is 37.7 Å². The van der Waals surface area contributed by atoms with Crippen LogP contribution in [-0.4, -0.2) is 54.7 Å². The smallest absolute Gasteiger partial charge is 0.405 e. The van der Waals surface area contributed by atoms with Crippen LogP contribution in [-0.2, 0) is 27.9 Å². The van der Waals surface area contributed by atoms with E-state index in [4.69, 9.17) is 27.9 Å². The topological polar surface area (TPSA) is 61.9 Å². The van der Waals surface area contributed by atoms with Gasteiger partial charge in [-0.2, -0.15) is 0 Å². The molecule has 0 N–H and O–H groups in total. The van der Waals surface area contributed by atoms with Gasteiger partial charge in [0.2, 0.25) is 0 Å². The summed E-state index contributed by atoms with van der Waals surface area (Å²) in [5.41, 5.74) is 16.1. The van der Waals surface area contributed by atoms with E-state index in [0.29, 0.717) is 0 Å². The van der Waals surface area contributed by atoms with Crippen molar-refractivity contribution in [2.75, 3.05) is 9.80 Å². The van der Waals surface area contributed by atoms with Gasteiger partial charge in [0.15, 0.2) is 0 Å². The highest BCUT2D eigenvalue weighted by molar-refractivity contribution is 9.10. The molecule has 0 aromatic heterocycles. The van der Waals surface area contributed by atoms with E-state index in [-0.39, 0.29) is 40.7 Å². The molecule has 0 saturated carbocycles. The zero-order chi connectivity index (χ0) is 54.5. The van der Waals surface area contributed by atoms with E-state index < -0.39 is 14.0 Å². The van der Waals surface area contributed by atoms with Crippen LogP contribution >= 0.6 is 15.9 Å². The Morgan fingerprint density at radius 3 is 0.824 bits per heavy atom. The van der Waals surface area contributed by atoms with Crippen LogP contribution in [0.5, 0.6) is 0 Å². The summed E-state index contributed by atoms with van der Waals surface area (Å²) in [4.78, 5) is 4.69. The van der Waals surface area contributed by atoms with Gasteiger partial charge in [0, 0.05) is 38.6 Å². The fourth-order valence-corrected chi connectivity index (χ4v) is 9.65. The number of hydrogen-bond acceptors (Lipinski definition) is 8. The molecule has 0 amide bonds. The first-order valence-corrected chi connectivity index (χ1v) is 26.9. The van der Waals surface area contributed by atoms with Gasteiger partial charge in [-0.15, -0.1) is 0 Å². The maximum Gasteiger partial charge on any atom is 0.494 e. The van der Waals surface area contributed by atoms with Crippen molar-refractivity contribution in [1.82, 2.24) is 0 Å². The van der Waals surface area contributed by atoms with Gasteiger partial charge in [-0.3, -0.25) is 0 Å². The third kappa shape index (κ3) is 12.1. The molecule has 390 valence electrons. The molecule has 74 heavy (non-hydrogen) atoms. The van der Waals surface area contributed by atoms with Crippen molar-refractivity contribution in [1.29, 1.82) is 0 Å². The summed E-state index contributed by atoms with van der Waals surface area (Å²) >= 11 is 3.54. The zero-order valence-electron chi connectivity index (χ0n) is 48.0. The Balaban J connectivity index is 0.000000169. The van der Waals surface area contributed by atoms with Crippen LogP contribution in [0.15, 0.2) is 126 Å². The molecule has 0 spiro atoms. The molecule has 0 atom stereocenters. The summed E-state index contributed by atoms with van der Waals surface area (Å²) in [7, 11) is -1.31. The third-order valence-electron chi connectivity index (χ3n) is 15.9. The van der Waals surface area contributed by atoms with Crippen LogP contribution in [0.2, 0.25) is 0 Å².